The second kappa shape index (κ2) is 5.44. The van der Waals surface area contributed by atoms with Gasteiger partial charge in [0.1, 0.15) is 5.69 Å². The minimum Gasteiger partial charge on any atom is -0.293 e. The average Bonchev–Trinajstić information content (AvgIpc) is 2.83. The molecule has 19 heavy (non-hydrogen) atoms. The zero-order valence-electron chi connectivity index (χ0n) is 10.5. The van der Waals surface area contributed by atoms with E-state index in [0.717, 1.165) is 4.47 Å². The van der Waals surface area contributed by atoms with Crippen molar-refractivity contribution in [2.75, 3.05) is 0 Å². The van der Waals surface area contributed by atoms with E-state index in [-0.39, 0.29) is 17.3 Å². The van der Waals surface area contributed by atoms with Crippen molar-refractivity contribution in [2.45, 2.75) is 6.92 Å². The first-order valence-corrected chi connectivity index (χ1v) is 6.48. The summed E-state index contributed by atoms with van der Waals surface area (Å²) >= 11 is 3.30. The van der Waals surface area contributed by atoms with Gasteiger partial charge in [0.05, 0.1) is 12.1 Å². The van der Waals surface area contributed by atoms with Gasteiger partial charge in [-0.1, -0.05) is 28.1 Å². The molecule has 1 heterocycles. The largest absolute Gasteiger partial charge is 0.293 e. The molecular formula is C13H12BrN3O2. The minimum absolute atomic E-state index is 0.207. The molecule has 1 unspecified atom stereocenters. The Morgan fingerprint density at radius 2 is 2.05 bits per heavy atom. The van der Waals surface area contributed by atoms with Crippen LogP contribution in [0.3, 0.4) is 0 Å². The first-order valence-electron chi connectivity index (χ1n) is 5.69. The van der Waals surface area contributed by atoms with Gasteiger partial charge in [-0.2, -0.15) is 15.0 Å². The third-order valence-corrected chi connectivity index (χ3v) is 3.24. The fraction of sp³-hybridized carbons (Fsp3) is 0.231. The second-order valence-electron chi connectivity index (χ2n) is 4.18. The number of Topliss-reactive ketones (excluding diaryl/α,β-unsaturated/α-hetero) is 2. The van der Waals surface area contributed by atoms with Crippen molar-refractivity contribution in [1.29, 1.82) is 0 Å². The summed E-state index contributed by atoms with van der Waals surface area (Å²) in [7, 11) is 1.62. The molecule has 0 saturated carbocycles. The van der Waals surface area contributed by atoms with E-state index < -0.39 is 5.92 Å². The quantitative estimate of drug-likeness (QED) is 0.640. The predicted octanol–water partition coefficient (Wildman–Crippen LogP) is 2.28. The van der Waals surface area contributed by atoms with Crippen LogP contribution in [-0.4, -0.2) is 26.6 Å². The lowest BCUT2D eigenvalue weighted by Gasteiger charge is -2.07. The summed E-state index contributed by atoms with van der Waals surface area (Å²) in [6, 6.07) is 6.97. The van der Waals surface area contributed by atoms with Gasteiger partial charge in [-0.15, -0.1) is 0 Å². The van der Waals surface area contributed by atoms with Gasteiger partial charge in [0.2, 0.25) is 0 Å². The Morgan fingerprint density at radius 3 is 2.63 bits per heavy atom. The molecule has 0 fully saturated rings. The Kier molecular flexibility index (Phi) is 3.90. The van der Waals surface area contributed by atoms with E-state index in [4.69, 9.17) is 0 Å². The van der Waals surface area contributed by atoms with E-state index in [1.165, 1.54) is 11.0 Å². The maximum atomic E-state index is 12.2. The smallest absolute Gasteiger partial charge is 0.195 e. The molecule has 1 aromatic heterocycles. The molecule has 2 aromatic rings. The molecule has 0 radical (unpaired) electrons. The molecule has 0 amide bonds. The molecule has 98 valence electrons. The van der Waals surface area contributed by atoms with Gasteiger partial charge in [0.15, 0.2) is 11.6 Å². The number of nitrogens with zero attached hydrogens (tertiary/aromatic N) is 3. The maximum Gasteiger partial charge on any atom is 0.195 e. The maximum absolute atomic E-state index is 12.2. The zero-order chi connectivity index (χ0) is 14.0. The number of carbonyl (C=O) groups excluding carboxylic acids is 2. The molecular weight excluding hydrogens is 310 g/mol. The van der Waals surface area contributed by atoms with Crippen LogP contribution in [0.15, 0.2) is 34.9 Å². The summed E-state index contributed by atoms with van der Waals surface area (Å²) in [5.41, 5.74) is 0.706. The first kappa shape index (κ1) is 13.6. The number of hydrogen-bond donors (Lipinski definition) is 0. The number of aryl methyl sites for hydroxylation is 1. The Bertz CT molecular complexity index is 636. The van der Waals surface area contributed by atoms with Crippen LogP contribution in [0, 0.1) is 5.92 Å². The predicted molar refractivity (Wildman–Crippen MR) is 73.0 cm³/mol. The van der Waals surface area contributed by atoms with Crippen molar-refractivity contribution >= 4 is 27.5 Å². The summed E-state index contributed by atoms with van der Waals surface area (Å²) in [4.78, 5) is 25.6. The lowest BCUT2D eigenvalue weighted by molar-refractivity contribution is 0.0817. The van der Waals surface area contributed by atoms with Gasteiger partial charge >= 0.3 is 0 Å². The van der Waals surface area contributed by atoms with Crippen molar-refractivity contribution in [1.82, 2.24) is 15.0 Å². The number of aromatic nitrogens is 3. The molecule has 0 aliphatic heterocycles. The van der Waals surface area contributed by atoms with Crippen LogP contribution < -0.4 is 0 Å². The summed E-state index contributed by atoms with van der Waals surface area (Å²) < 4.78 is 0.803. The summed E-state index contributed by atoms with van der Waals surface area (Å²) in [5, 5.41) is 7.75. The summed E-state index contributed by atoms with van der Waals surface area (Å²) in [5.74, 6) is -1.32. The van der Waals surface area contributed by atoms with Crippen LogP contribution >= 0.6 is 15.9 Å². The van der Waals surface area contributed by atoms with Gasteiger partial charge < -0.3 is 0 Å². The highest BCUT2D eigenvalue weighted by Gasteiger charge is 2.25. The third-order valence-electron chi connectivity index (χ3n) is 2.75. The molecule has 5 nitrogen and oxygen atoms in total. The zero-order valence-corrected chi connectivity index (χ0v) is 12.1. The van der Waals surface area contributed by atoms with Crippen molar-refractivity contribution in [3.63, 3.8) is 0 Å². The normalized spacial score (nSPS) is 12.2. The number of carbonyl (C=O) groups is 2. The van der Waals surface area contributed by atoms with Crippen LogP contribution in [-0.2, 0) is 7.05 Å². The molecule has 0 spiro atoms. The van der Waals surface area contributed by atoms with Gasteiger partial charge in [-0.05, 0) is 19.1 Å². The highest BCUT2D eigenvalue weighted by molar-refractivity contribution is 9.10. The van der Waals surface area contributed by atoms with Crippen LogP contribution in [0.1, 0.15) is 27.8 Å². The van der Waals surface area contributed by atoms with Gasteiger partial charge in [-0.3, -0.25) is 9.59 Å². The van der Waals surface area contributed by atoms with E-state index in [2.05, 4.69) is 26.1 Å². The number of benzene rings is 1. The number of hydrogen-bond acceptors (Lipinski definition) is 4. The molecule has 0 bridgehead atoms. The Morgan fingerprint density at radius 1 is 1.32 bits per heavy atom. The topological polar surface area (TPSA) is 64.8 Å². The van der Waals surface area contributed by atoms with E-state index in [1.807, 2.05) is 6.07 Å². The number of ketones is 2. The third kappa shape index (κ3) is 2.96. The first-order chi connectivity index (χ1) is 8.99. The molecule has 1 atom stereocenters. The van der Waals surface area contributed by atoms with Gasteiger partial charge in [0, 0.05) is 17.1 Å². The van der Waals surface area contributed by atoms with E-state index in [9.17, 15) is 9.59 Å². The Hall–Kier alpha value is -1.82. The van der Waals surface area contributed by atoms with Crippen molar-refractivity contribution in [2.24, 2.45) is 13.0 Å². The molecule has 0 saturated heterocycles. The van der Waals surface area contributed by atoms with Crippen molar-refractivity contribution in [3.8, 4) is 0 Å². The summed E-state index contributed by atoms with van der Waals surface area (Å²) in [6.07, 6.45) is 1.37. The van der Waals surface area contributed by atoms with Crippen LogP contribution in [0.5, 0.6) is 0 Å². The van der Waals surface area contributed by atoms with Crippen molar-refractivity contribution < 1.29 is 9.59 Å². The average molecular weight is 322 g/mol. The van der Waals surface area contributed by atoms with E-state index >= 15 is 0 Å². The standard InChI is InChI=1S/C13H12BrN3O2/c1-8(13(19)11-7-15-17(2)16-11)12(18)9-4-3-5-10(14)6-9/h3-8H,1-2H3. The second-order valence-corrected chi connectivity index (χ2v) is 5.10. The monoisotopic (exact) mass is 321 g/mol. The molecule has 1 aromatic carbocycles. The van der Waals surface area contributed by atoms with Gasteiger partial charge in [-0.25, -0.2) is 0 Å². The summed E-state index contributed by atoms with van der Waals surface area (Å²) in [6.45, 7) is 1.58. The number of halogens is 1. The minimum atomic E-state index is -0.772. The van der Waals surface area contributed by atoms with E-state index in [1.54, 1.807) is 32.2 Å². The molecule has 0 N–H and O–H groups in total. The van der Waals surface area contributed by atoms with E-state index in [0.29, 0.717) is 5.56 Å². The highest BCUT2D eigenvalue weighted by atomic mass is 79.9. The fourth-order valence-corrected chi connectivity index (χ4v) is 2.09. The highest BCUT2D eigenvalue weighted by Crippen LogP contribution is 2.17. The molecule has 6 heteroatoms. The SMILES string of the molecule is CC(C(=O)c1cccc(Br)c1)C(=O)c1cnn(C)n1. The van der Waals surface area contributed by atoms with Gasteiger partial charge in [0.25, 0.3) is 0 Å². The van der Waals surface area contributed by atoms with Crippen LogP contribution in [0.4, 0.5) is 0 Å². The fourth-order valence-electron chi connectivity index (χ4n) is 1.69. The Labute approximate surface area is 118 Å². The van der Waals surface area contributed by atoms with Crippen molar-refractivity contribution in [3.05, 3.63) is 46.2 Å². The lowest BCUT2D eigenvalue weighted by Crippen LogP contribution is -2.22. The molecule has 0 aliphatic carbocycles. The Balaban J connectivity index is 2.22. The lowest BCUT2D eigenvalue weighted by atomic mass is 9.94. The number of rotatable bonds is 4. The molecule has 2 rings (SSSR count). The molecule has 0 aliphatic rings. The van der Waals surface area contributed by atoms with Crippen LogP contribution in [0.25, 0.3) is 0 Å². The van der Waals surface area contributed by atoms with Crippen LogP contribution in [0.2, 0.25) is 0 Å².